The lowest BCUT2D eigenvalue weighted by atomic mass is 10.1. The van der Waals surface area contributed by atoms with Gasteiger partial charge in [-0.25, -0.2) is 9.97 Å². The minimum Gasteiger partial charge on any atom is -0.489 e. The summed E-state index contributed by atoms with van der Waals surface area (Å²) in [6, 6.07) is 12.4. The molecule has 10 heteroatoms. The minimum atomic E-state index is 0.115. The molecule has 1 atom stereocenters. The molecule has 5 heterocycles. The standard InChI is InChI=1S/C26H24N8O2/c1-16(35)32-8-9-34-20(13-32)15-36-24-11-19(4-5-23(24)34)29-25-26-27-6-7-33(26)14-22(30-25)17-2-3-18-12-28-31-21(18)10-17/h2-7,10-12,14,20H,8-9,13,15H2,1H3,(H,28,31)(H,29,30)/t20-/m1/s1. The normalized spacial score (nSPS) is 17.1. The molecule has 0 radical (unpaired) electrons. The number of rotatable bonds is 3. The maximum Gasteiger partial charge on any atom is 0.219 e. The number of hydrogen-bond acceptors (Lipinski definition) is 7. The number of fused-ring (bicyclic) bond motifs is 5. The molecule has 10 nitrogen and oxygen atoms in total. The molecule has 180 valence electrons. The van der Waals surface area contributed by atoms with Crippen molar-refractivity contribution in [2.45, 2.75) is 13.0 Å². The fourth-order valence-corrected chi connectivity index (χ4v) is 5.12. The second-order valence-electron chi connectivity index (χ2n) is 9.24. The zero-order valence-electron chi connectivity index (χ0n) is 19.7. The summed E-state index contributed by atoms with van der Waals surface area (Å²) in [5.74, 6) is 1.60. The van der Waals surface area contributed by atoms with Gasteiger partial charge in [-0.05, 0) is 18.2 Å². The number of ether oxygens (including phenoxy) is 1. The number of H-pyrrole nitrogens is 1. The highest BCUT2D eigenvalue weighted by molar-refractivity contribution is 5.84. The van der Waals surface area contributed by atoms with Crippen molar-refractivity contribution in [1.29, 1.82) is 0 Å². The average Bonchev–Trinajstić information content (AvgIpc) is 3.57. The number of benzene rings is 2. The molecule has 0 aliphatic carbocycles. The van der Waals surface area contributed by atoms with Crippen molar-refractivity contribution >= 4 is 39.6 Å². The maximum absolute atomic E-state index is 11.8. The van der Waals surface area contributed by atoms with Crippen LogP contribution in [0.5, 0.6) is 5.75 Å². The summed E-state index contributed by atoms with van der Waals surface area (Å²) in [6.45, 7) is 4.39. The summed E-state index contributed by atoms with van der Waals surface area (Å²) in [7, 11) is 0. The molecule has 2 aliphatic rings. The number of amides is 1. The topological polar surface area (TPSA) is 104 Å². The van der Waals surface area contributed by atoms with Gasteiger partial charge in [0, 0.05) is 67.9 Å². The summed E-state index contributed by atoms with van der Waals surface area (Å²) >= 11 is 0. The van der Waals surface area contributed by atoms with E-state index in [-0.39, 0.29) is 11.9 Å². The van der Waals surface area contributed by atoms with E-state index in [1.54, 1.807) is 13.1 Å². The second-order valence-corrected chi connectivity index (χ2v) is 9.24. The van der Waals surface area contributed by atoms with E-state index in [1.165, 1.54) is 0 Å². The first kappa shape index (κ1) is 20.7. The molecule has 1 amide bonds. The van der Waals surface area contributed by atoms with Gasteiger partial charge in [-0.2, -0.15) is 5.10 Å². The third-order valence-corrected chi connectivity index (χ3v) is 7.00. The van der Waals surface area contributed by atoms with Crippen LogP contribution in [0.2, 0.25) is 0 Å². The first-order valence-corrected chi connectivity index (χ1v) is 12.0. The molecule has 7 rings (SSSR count). The monoisotopic (exact) mass is 480 g/mol. The lowest BCUT2D eigenvalue weighted by Crippen LogP contribution is -2.58. The number of imidazole rings is 1. The molecule has 3 aromatic heterocycles. The predicted molar refractivity (Wildman–Crippen MR) is 137 cm³/mol. The molecule has 5 aromatic rings. The van der Waals surface area contributed by atoms with E-state index in [4.69, 9.17) is 9.72 Å². The van der Waals surface area contributed by atoms with Crippen LogP contribution in [-0.4, -0.2) is 67.7 Å². The van der Waals surface area contributed by atoms with Crippen molar-refractivity contribution in [3.05, 3.63) is 61.2 Å². The van der Waals surface area contributed by atoms with Crippen LogP contribution in [0.25, 0.3) is 27.8 Å². The smallest absolute Gasteiger partial charge is 0.219 e. The van der Waals surface area contributed by atoms with E-state index in [9.17, 15) is 4.79 Å². The molecule has 0 unspecified atom stereocenters. The van der Waals surface area contributed by atoms with Gasteiger partial charge in [0.15, 0.2) is 11.5 Å². The summed E-state index contributed by atoms with van der Waals surface area (Å²) in [5, 5.41) is 11.6. The molecular weight excluding hydrogens is 456 g/mol. The molecule has 36 heavy (non-hydrogen) atoms. The highest BCUT2D eigenvalue weighted by Gasteiger charge is 2.33. The summed E-state index contributed by atoms with van der Waals surface area (Å²) < 4.78 is 8.10. The van der Waals surface area contributed by atoms with Gasteiger partial charge >= 0.3 is 0 Å². The van der Waals surface area contributed by atoms with Gasteiger partial charge in [-0.15, -0.1) is 0 Å². The van der Waals surface area contributed by atoms with Crippen molar-refractivity contribution in [1.82, 2.24) is 29.5 Å². The number of piperazine rings is 1. The van der Waals surface area contributed by atoms with Gasteiger partial charge in [0.25, 0.3) is 0 Å². The summed E-state index contributed by atoms with van der Waals surface area (Å²) in [6.07, 6.45) is 7.46. The summed E-state index contributed by atoms with van der Waals surface area (Å²) in [5.41, 5.74) is 5.42. The number of aromatic amines is 1. The number of carbonyl (C=O) groups is 1. The van der Waals surface area contributed by atoms with E-state index in [1.807, 2.05) is 58.2 Å². The van der Waals surface area contributed by atoms with E-state index in [0.29, 0.717) is 19.0 Å². The van der Waals surface area contributed by atoms with Gasteiger partial charge < -0.3 is 24.3 Å². The van der Waals surface area contributed by atoms with Crippen LogP contribution in [0.3, 0.4) is 0 Å². The van der Waals surface area contributed by atoms with E-state index in [2.05, 4.69) is 31.5 Å². The van der Waals surface area contributed by atoms with Crippen molar-refractivity contribution in [2.75, 3.05) is 36.5 Å². The van der Waals surface area contributed by atoms with Crippen LogP contribution in [0, 0.1) is 0 Å². The third-order valence-electron chi connectivity index (χ3n) is 7.00. The van der Waals surface area contributed by atoms with Crippen molar-refractivity contribution in [2.24, 2.45) is 0 Å². The molecule has 2 aromatic carbocycles. The Balaban J connectivity index is 1.20. The van der Waals surface area contributed by atoms with Crippen LogP contribution < -0.4 is 15.0 Å². The van der Waals surface area contributed by atoms with Gasteiger partial charge in [-0.1, -0.05) is 12.1 Å². The SMILES string of the molecule is CC(=O)N1CCN2c3ccc(Nc4nc(-c5ccc6cn[nH]c6c5)cn5ccnc45)cc3OC[C@H]2C1. The molecule has 2 aliphatic heterocycles. The van der Waals surface area contributed by atoms with Gasteiger partial charge in [0.05, 0.1) is 29.1 Å². The zero-order chi connectivity index (χ0) is 24.2. The Labute approximate surface area is 206 Å². The molecule has 0 bridgehead atoms. The molecule has 1 fully saturated rings. The third kappa shape index (κ3) is 3.41. The van der Waals surface area contributed by atoms with Crippen LogP contribution in [0.4, 0.5) is 17.2 Å². The summed E-state index contributed by atoms with van der Waals surface area (Å²) in [4.78, 5) is 25.5. The highest BCUT2D eigenvalue weighted by atomic mass is 16.5. The molecule has 2 N–H and O–H groups in total. The minimum absolute atomic E-state index is 0.115. The Morgan fingerprint density at radius 1 is 1.19 bits per heavy atom. The lowest BCUT2D eigenvalue weighted by molar-refractivity contribution is -0.129. The fraction of sp³-hybridized carbons (Fsp3) is 0.231. The Morgan fingerprint density at radius 3 is 3.06 bits per heavy atom. The number of anilines is 3. The Kier molecular flexibility index (Phi) is 4.60. The molecule has 1 saturated heterocycles. The van der Waals surface area contributed by atoms with Crippen LogP contribution in [0.15, 0.2) is 61.2 Å². The number of nitrogens with zero attached hydrogens (tertiary/aromatic N) is 6. The number of nitrogens with one attached hydrogen (secondary N) is 2. The highest BCUT2D eigenvalue weighted by Crippen LogP contribution is 2.38. The van der Waals surface area contributed by atoms with Crippen molar-refractivity contribution < 1.29 is 9.53 Å². The van der Waals surface area contributed by atoms with E-state index < -0.39 is 0 Å². The van der Waals surface area contributed by atoms with Crippen molar-refractivity contribution in [3.8, 4) is 17.0 Å². The van der Waals surface area contributed by atoms with E-state index in [0.717, 1.165) is 58.0 Å². The fourth-order valence-electron chi connectivity index (χ4n) is 5.12. The van der Waals surface area contributed by atoms with Gasteiger partial charge in [0.2, 0.25) is 5.91 Å². The van der Waals surface area contributed by atoms with Crippen LogP contribution >= 0.6 is 0 Å². The van der Waals surface area contributed by atoms with Crippen LogP contribution in [-0.2, 0) is 4.79 Å². The molecular formula is C26H24N8O2. The number of aromatic nitrogens is 5. The zero-order valence-corrected chi connectivity index (χ0v) is 19.7. The number of carbonyl (C=O) groups excluding carboxylic acids is 1. The second kappa shape index (κ2) is 7.98. The first-order valence-electron chi connectivity index (χ1n) is 12.0. The Morgan fingerprint density at radius 2 is 2.14 bits per heavy atom. The van der Waals surface area contributed by atoms with E-state index >= 15 is 0 Å². The maximum atomic E-state index is 11.8. The molecule has 0 spiro atoms. The Hall–Kier alpha value is -4.60. The van der Waals surface area contributed by atoms with Gasteiger partial charge in [-0.3, -0.25) is 9.89 Å². The Bertz CT molecular complexity index is 1620. The van der Waals surface area contributed by atoms with Crippen molar-refractivity contribution in [3.63, 3.8) is 0 Å². The largest absolute Gasteiger partial charge is 0.489 e. The quantitative estimate of drug-likeness (QED) is 0.408. The predicted octanol–water partition coefficient (Wildman–Crippen LogP) is 3.45. The lowest BCUT2D eigenvalue weighted by Gasteiger charge is -2.45. The van der Waals surface area contributed by atoms with Crippen LogP contribution in [0.1, 0.15) is 6.92 Å². The molecule has 0 saturated carbocycles. The van der Waals surface area contributed by atoms with Gasteiger partial charge in [0.1, 0.15) is 12.4 Å². The first-order chi connectivity index (χ1) is 17.6. The average molecular weight is 481 g/mol. The number of hydrogen-bond donors (Lipinski definition) is 2.